The molecule has 0 unspecified atom stereocenters. The monoisotopic (exact) mass is 184 g/mol. The van der Waals surface area contributed by atoms with E-state index >= 15 is 0 Å². The Morgan fingerprint density at radius 2 is 2.33 bits per heavy atom. The van der Waals surface area contributed by atoms with Crippen LogP contribution in [-0.4, -0.2) is 16.6 Å². The molecule has 12 heavy (non-hydrogen) atoms. The molecule has 64 valence electrons. The van der Waals surface area contributed by atoms with E-state index in [4.69, 9.17) is 16.3 Å². The molecule has 0 N–H and O–H groups in total. The second kappa shape index (κ2) is 3.27. The van der Waals surface area contributed by atoms with Gasteiger partial charge >= 0.3 is 0 Å². The summed E-state index contributed by atoms with van der Waals surface area (Å²) < 4.78 is 5.38. The van der Waals surface area contributed by atoms with Crippen LogP contribution in [0.15, 0.2) is 12.4 Å². The van der Waals surface area contributed by atoms with Crippen LogP contribution < -0.4 is 4.74 Å². The third kappa shape index (κ3) is 2.08. The Kier molecular flexibility index (Phi) is 2.13. The number of hydrogen-bond donors (Lipinski definition) is 0. The molecule has 0 aliphatic heterocycles. The van der Waals surface area contributed by atoms with Crippen LogP contribution in [0.25, 0.3) is 0 Å². The first-order chi connectivity index (χ1) is 5.84. The summed E-state index contributed by atoms with van der Waals surface area (Å²) in [5, 5.41) is 0.427. The van der Waals surface area contributed by atoms with E-state index in [0.29, 0.717) is 11.0 Å². The first kappa shape index (κ1) is 7.80. The van der Waals surface area contributed by atoms with Crippen molar-refractivity contribution in [3.05, 3.63) is 17.5 Å². The van der Waals surface area contributed by atoms with Gasteiger partial charge in [-0.3, -0.25) is 0 Å². The molecule has 1 aliphatic carbocycles. The van der Waals surface area contributed by atoms with Gasteiger partial charge in [-0.2, -0.15) is 0 Å². The van der Waals surface area contributed by atoms with Crippen molar-refractivity contribution >= 4 is 11.6 Å². The summed E-state index contributed by atoms with van der Waals surface area (Å²) in [4.78, 5) is 7.68. The molecule has 1 aromatic rings. The van der Waals surface area contributed by atoms with Crippen LogP contribution in [0.4, 0.5) is 0 Å². The van der Waals surface area contributed by atoms with Crippen LogP contribution >= 0.6 is 11.6 Å². The van der Waals surface area contributed by atoms with Gasteiger partial charge in [0.1, 0.15) is 11.5 Å². The normalized spacial score (nSPS) is 16.1. The zero-order valence-corrected chi connectivity index (χ0v) is 7.29. The smallest absolute Gasteiger partial charge is 0.217 e. The van der Waals surface area contributed by atoms with E-state index in [1.165, 1.54) is 19.2 Å². The Balaban J connectivity index is 1.92. The third-order valence-corrected chi connectivity index (χ3v) is 1.98. The maximum absolute atomic E-state index is 5.64. The zero-order valence-electron chi connectivity index (χ0n) is 6.53. The van der Waals surface area contributed by atoms with Crippen LogP contribution in [0.1, 0.15) is 12.8 Å². The van der Waals surface area contributed by atoms with Gasteiger partial charge in [-0.05, 0) is 18.8 Å². The maximum Gasteiger partial charge on any atom is 0.217 e. The van der Waals surface area contributed by atoms with Gasteiger partial charge in [-0.25, -0.2) is 9.97 Å². The molecule has 1 aromatic heterocycles. The minimum atomic E-state index is 0.427. The molecule has 1 saturated carbocycles. The number of hydrogen-bond acceptors (Lipinski definition) is 3. The average Bonchev–Trinajstić information content (AvgIpc) is 2.84. The highest BCUT2D eigenvalue weighted by atomic mass is 35.5. The van der Waals surface area contributed by atoms with E-state index in [1.807, 2.05) is 0 Å². The summed E-state index contributed by atoms with van der Waals surface area (Å²) in [5.74, 6) is 1.31. The summed E-state index contributed by atoms with van der Waals surface area (Å²) in [5.41, 5.74) is 0. The Morgan fingerprint density at radius 3 is 3.00 bits per heavy atom. The summed E-state index contributed by atoms with van der Waals surface area (Å²) in [6.07, 6.45) is 3.96. The highest BCUT2D eigenvalue weighted by Gasteiger charge is 2.22. The fraction of sp³-hybridized carbons (Fsp3) is 0.500. The SMILES string of the molecule is Clc1cc(OCC2CC2)ncn1. The first-order valence-electron chi connectivity index (χ1n) is 3.95. The van der Waals surface area contributed by atoms with Gasteiger partial charge in [0.2, 0.25) is 5.88 Å². The fourth-order valence-electron chi connectivity index (χ4n) is 0.884. The molecule has 0 saturated heterocycles. The van der Waals surface area contributed by atoms with Gasteiger partial charge in [-0.15, -0.1) is 0 Å². The Morgan fingerprint density at radius 1 is 1.50 bits per heavy atom. The summed E-state index contributed by atoms with van der Waals surface area (Å²) in [6, 6.07) is 1.63. The number of ether oxygens (including phenoxy) is 1. The van der Waals surface area contributed by atoms with Crippen LogP contribution in [-0.2, 0) is 0 Å². The van der Waals surface area contributed by atoms with Crippen molar-refractivity contribution in [2.45, 2.75) is 12.8 Å². The lowest BCUT2D eigenvalue weighted by Crippen LogP contribution is -2.00. The van der Waals surface area contributed by atoms with E-state index in [9.17, 15) is 0 Å². The molecule has 0 atom stereocenters. The van der Waals surface area contributed by atoms with Gasteiger partial charge in [-0.1, -0.05) is 11.6 Å². The molecule has 0 amide bonds. The highest BCUT2D eigenvalue weighted by Crippen LogP contribution is 2.29. The second-order valence-corrected chi connectivity index (χ2v) is 3.32. The first-order valence-corrected chi connectivity index (χ1v) is 4.33. The molecule has 1 heterocycles. The van der Waals surface area contributed by atoms with Crippen molar-refractivity contribution in [2.24, 2.45) is 5.92 Å². The topological polar surface area (TPSA) is 35.0 Å². The average molecular weight is 185 g/mol. The molecule has 0 spiro atoms. The van der Waals surface area contributed by atoms with Gasteiger partial charge < -0.3 is 4.74 Å². The standard InChI is InChI=1S/C8H9ClN2O/c9-7-3-8(11-5-10-7)12-4-6-1-2-6/h3,5-6H,1-2,4H2. The number of halogens is 1. The van der Waals surface area contributed by atoms with E-state index in [-0.39, 0.29) is 0 Å². The quantitative estimate of drug-likeness (QED) is 0.674. The molecule has 0 radical (unpaired) electrons. The lowest BCUT2D eigenvalue weighted by atomic mass is 10.5. The Hall–Kier alpha value is -0.830. The third-order valence-electron chi connectivity index (χ3n) is 1.77. The van der Waals surface area contributed by atoms with Crippen molar-refractivity contribution in [3.63, 3.8) is 0 Å². The van der Waals surface area contributed by atoms with Gasteiger partial charge in [0.15, 0.2) is 0 Å². The summed E-state index contributed by atoms with van der Waals surface area (Å²) >= 11 is 5.64. The zero-order chi connectivity index (χ0) is 8.39. The van der Waals surface area contributed by atoms with E-state index in [1.54, 1.807) is 6.07 Å². The van der Waals surface area contributed by atoms with Crippen molar-refractivity contribution in [2.75, 3.05) is 6.61 Å². The molecule has 1 fully saturated rings. The van der Waals surface area contributed by atoms with Crippen molar-refractivity contribution in [1.29, 1.82) is 0 Å². The minimum absolute atomic E-state index is 0.427. The number of rotatable bonds is 3. The molecule has 4 heteroatoms. The predicted octanol–water partition coefficient (Wildman–Crippen LogP) is 1.92. The predicted molar refractivity (Wildman–Crippen MR) is 45.3 cm³/mol. The fourth-order valence-corrected chi connectivity index (χ4v) is 1.02. The van der Waals surface area contributed by atoms with Crippen LogP contribution in [0, 0.1) is 5.92 Å². The molecule has 2 rings (SSSR count). The van der Waals surface area contributed by atoms with E-state index < -0.39 is 0 Å². The minimum Gasteiger partial charge on any atom is -0.477 e. The van der Waals surface area contributed by atoms with Crippen molar-refractivity contribution in [1.82, 2.24) is 9.97 Å². The molecule has 0 aromatic carbocycles. The number of aromatic nitrogens is 2. The molecule has 0 bridgehead atoms. The molecule has 3 nitrogen and oxygen atoms in total. The lowest BCUT2D eigenvalue weighted by molar-refractivity contribution is 0.288. The van der Waals surface area contributed by atoms with Crippen LogP contribution in [0.2, 0.25) is 5.15 Å². The number of nitrogens with zero attached hydrogens (tertiary/aromatic N) is 2. The van der Waals surface area contributed by atoms with Gasteiger partial charge in [0.25, 0.3) is 0 Å². The largest absolute Gasteiger partial charge is 0.477 e. The maximum atomic E-state index is 5.64. The Labute approximate surface area is 75.7 Å². The molecule has 1 aliphatic rings. The van der Waals surface area contributed by atoms with Gasteiger partial charge in [0.05, 0.1) is 6.61 Å². The summed E-state index contributed by atoms with van der Waals surface area (Å²) in [6.45, 7) is 0.757. The molecular formula is C8H9ClN2O. The Bertz CT molecular complexity index is 276. The molecular weight excluding hydrogens is 176 g/mol. The van der Waals surface area contributed by atoms with Crippen LogP contribution in [0.5, 0.6) is 5.88 Å². The van der Waals surface area contributed by atoms with Gasteiger partial charge in [0, 0.05) is 6.07 Å². The summed E-state index contributed by atoms with van der Waals surface area (Å²) in [7, 11) is 0. The van der Waals surface area contributed by atoms with Crippen molar-refractivity contribution < 1.29 is 4.74 Å². The second-order valence-electron chi connectivity index (χ2n) is 2.93. The van der Waals surface area contributed by atoms with Crippen molar-refractivity contribution in [3.8, 4) is 5.88 Å². The van der Waals surface area contributed by atoms with Crippen LogP contribution in [0.3, 0.4) is 0 Å². The van der Waals surface area contributed by atoms with E-state index in [2.05, 4.69) is 9.97 Å². The lowest BCUT2D eigenvalue weighted by Gasteiger charge is -2.02. The van der Waals surface area contributed by atoms with E-state index in [0.717, 1.165) is 12.5 Å². The highest BCUT2D eigenvalue weighted by molar-refractivity contribution is 6.29.